The number of rotatable bonds is 7. The van der Waals surface area contributed by atoms with E-state index in [1.54, 1.807) is 18.2 Å². The Hall–Kier alpha value is -4.20. The van der Waals surface area contributed by atoms with Crippen molar-refractivity contribution >= 4 is 27.7 Å². The summed E-state index contributed by atoms with van der Waals surface area (Å²) in [5, 5.41) is 1.36. The van der Waals surface area contributed by atoms with Gasteiger partial charge < -0.3 is 28.1 Å². The number of hydrogen-bond donors (Lipinski definition) is 0. The molecule has 4 rings (SSSR count). The molecule has 0 saturated heterocycles. The van der Waals surface area contributed by atoms with Crippen molar-refractivity contribution in [1.29, 1.82) is 0 Å². The largest absolute Gasteiger partial charge is 0.493 e. The minimum absolute atomic E-state index is 0.213. The molecule has 0 N–H and O–H groups in total. The first-order chi connectivity index (χ1) is 16.4. The molecule has 0 unspecified atom stereocenters. The van der Waals surface area contributed by atoms with Crippen molar-refractivity contribution in [1.82, 2.24) is 0 Å². The summed E-state index contributed by atoms with van der Waals surface area (Å²) in [6.07, 6.45) is 0. The van der Waals surface area contributed by atoms with E-state index >= 15 is 0 Å². The molecule has 34 heavy (non-hydrogen) atoms. The van der Waals surface area contributed by atoms with Crippen LogP contribution in [0.25, 0.3) is 21.7 Å². The first kappa shape index (κ1) is 23.0. The second kappa shape index (κ2) is 9.35. The van der Waals surface area contributed by atoms with Crippen molar-refractivity contribution in [2.45, 2.75) is 13.8 Å². The Balaban J connectivity index is 1.68. The molecular weight excluding hydrogens is 440 g/mol. The smallest absolute Gasteiger partial charge is 0.349 e. The highest BCUT2D eigenvalue weighted by Crippen LogP contribution is 2.45. The first-order valence-electron chi connectivity index (χ1n) is 10.5. The summed E-state index contributed by atoms with van der Waals surface area (Å²) in [5.74, 6) is 1.29. The Morgan fingerprint density at radius 3 is 2.21 bits per heavy atom. The third-order valence-corrected chi connectivity index (χ3v) is 5.45. The highest BCUT2D eigenvalue weighted by atomic mass is 16.6. The summed E-state index contributed by atoms with van der Waals surface area (Å²) in [6.45, 7) is 3.54. The van der Waals surface area contributed by atoms with Gasteiger partial charge in [-0.05, 0) is 43.2 Å². The second-order valence-electron chi connectivity index (χ2n) is 7.60. The number of carbonyl (C=O) groups excluding carboxylic acids is 1. The van der Waals surface area contributed by atoms with Gasteiger partial charge in [-0.2, -0.15) is 0 Å². The Labute approximate surface area is 195 Å². The number of benzene rings is 3. The van der Waals surface area contributed by atoms with Crippen LogP contribution in [-0.2, 0) is 4.79 Å². The van der Waals surface area contributed by atoms with Crippen LogP contribution in [0, 0.1) is 13.8 Å². The highest BCUT2D eigenvalue weighted by Gasteiger charge is 2.21. The van der Waals surface area contributed by atoms with Gasteiger partial charge in [0.1, 0.15) is 17.1 Å². The van der Waals surface area contributed by atoms with E-state index in [1.807, 2.05) is 32.0 Å². The normalized spacial score (nSPS) is 10.9. The maximum Gasteiger partial charge on any atom is 0.349 e. The lowest BCUT2D eigenvalue weighted by molar-refractivity contribution is -0.136. The molecule has 8 nitrogen and oxygen atoms in total. The van der Waals surface area contributed by atoms with Crippen LogP contribution < -0.4 is 29.3 Å². The van der Waals surface area contributed by atoms with E-state index in [0.29, 0.717) is 33.8 Å². The van der Waals surface area contributed by atoms with Gasteiger partial charge >= 0.3 is 11.6 Å². The van der Waals surface area contributed by atoms with Crippen molar-refractivity contribution < 1.29 is 32.9 Å². The van der Waals surface area contributed by atoms with E-state index in [2.05, 4.69) is 0 Å². The molecule has 0 fully saturated rings. The van der Waals surface area contributed by atoms with Crippen LogP contribution in [0.3, 0.4) is 0 Å². The third kappa shape index (κ3) is 4.10. The summed E-state index contributed by atoms with van der Waals surface area (Å²) >= 11 is 0. The summed E-state index contributed by atoms with van der Waals surface area (Å²) in [6, 6.07) is 12.0. The van der Waals surface area contributed by atoms with E-state index in [4.69, 9.17) is 28.1 Å². The number of methoxy groups -OCH3 is 3. The van der Waals surface area contributed by atoms with Gasteiger partial charge in [-0.25, -0.2) is 9.59 Å². The molecule has 0 amide bonds. The average Bonchev–Trinajstić information content (AvgIpc) is 2.82. The van der Waals surface area contributed by atoms with Gasteiger partial charge in [0.15, 0.2) is 18.1 Å². The van der Waals surface area contributed by atoms with Gasteiger partial charge in [0, 0.05) is 16.8 Å². The lowest BCUT2D eigenvalue weighted by Crippen LogP contribution is -2.18. The number of ether oxygens (including phenoxy) is 5. The number of para-hydroxylation sites is 1. The number of aryl methyl sites for hydroxylation is 2. The molecule has 0 bridgehead atoms. The zero-order valence-electron chi connectivity index (χ0n) is 19.5. The third-order valence-electron chi connectivity index (χ3n) is 5.45. The standard InChI is InChI=1S/C26H24O8/c1-14-7-6-8-15(2)23(14)32-13-21(27)33-16-9-10-17-19(11-16)34-26(28)18-12-20(29-3)24(30-4)25(31-5)22(17)18/h6-12H,13H2,1-5H3. The second-order valence-corrected chi connectivity index (χ2v) is 7.60. The van der Waals surface area contributed by atoms with Crippen LogP contribution >= 0.6 is 0 Å². The number of fused-ring (bicyclic) bond motifs is 3. The fourth-order valence-electron chi connectivity index (χ4n) is 3.92. The summed E-state index contributed by atoms with van der Waals surface area (Å²) in [4.78, 5) is 25.1. The maximum absolute atomic E-state index is 12.7. The monoisotopic (exact) mass is 464 g/mol. The van der Waals surface area contributed by atoms with E-state index < -0.39 is 11.6 Å². The van der Waals surface area contributed by atoms with E-state index in [9.17, 15) is 9.59 Å². The molecule has 176 valence electrons. The van der Waals surface area contributed by atoms with Crippen LogP contribution in [-0.4, -0.2) is 33.9 Å². The maximum atomic E-state index is 12.7. The Morgan fingerprint density at radius 2 is 1.56 bits per heavy atom. The summed E-state index contributed by atoms with van der Waals surface area (Å²) < 4.78 is 32.9. The van der Waals surface area contributed by atoms with Crippen molar-refractivity contribution in [3.05, 3.63) is 64.0 Å². The van der Waals surface area contributed by atoms with Crippen LogP contribution in [0.5, 0.6) is 28.7 Å². The molecule has 0 saturated carbocycles. The minimum atomic E-state index is -0.594. The van der Waals surface area contributed by atoms with Crippen LogP contribution in [0.2, 0.25) is 0 Å². The molecule has 8 heteroatoms. The zero-order chi connectivity index (χ0) is 24.4. The van der Waals surface area contributed by atoms with Crippen molar-refractivity contribution in [2.75, 3.05) is 27.9 Å². The van der Waals surface area contributed by atoms with E-state index in [1.165, 1.54) is 27.4 Å². The van der Waals surface area contributed by atoms with Gasteiger partial charge in [0.2, 0.25) is 5.75 Å². The fraction of sp³-hybridized carbons (Fsp3) is 0.231. The zero-order valence-corrected chi connectivity index (χ0v) is 19.5. The van der Waals surface area contributed by atoms with Crippen LogP contribution in [0.4, 0.5) is 0 Å². The predicted octanol–water partition coefficient (Wildman–Crippen LogP) is 4.57. The first-order valence-corrected chi connectivity index (χ1v) is 10.5. The Bertz CT molecular complexity index is 1430. The molecule has 3 aromatic carbocycles. The number of carbonyl (C=O) groups is 1. The number of hydrogen-bond acceptors (Lipinski definition) is 8. The summed E-state index contributed by atoms with van der Waals surface area (Å²) in [5.41, 5.74) is 1.48. The summed E-state index contributed by atoms with van der Waals surface area (Å²) in [7, 11) is 4.43. The van der Waals surface area contributed by atoms with Gasteiger partial charge in [-0.3, -0.25) is 0 Å². The average molecular weight is 464 g/mol. The molecular formula is C26H24O8. The van der Waals surface area contributed by atoms with Gasteiger partial charge in [-0.15, -0.1) is 0 Å². The van der Waals surface area contributed by atoms with Crippen molar-refractivity contribution in [3.8, 4) is 28.7 Å². The molecule has 0 atom stereocenters. The molecule has 1 heterocycles. The lowest BCUT2D eigenvalue weighted by atomic mass is 10.0. The predicted molar refractivity (Wildman–Crippen MR) is 127 cm³/mol. The van der Waals surface area contributed by atoms with Crippen molar-refractivity contribution in [3.63, 3.8) is 0 Å². The lowest BCUT2D eigenvalue weighted by Gasteiger charge is -2.15. The SMILES string of the molecule is COc1cc2c(=O)oc3cc(OC(=O)COc4c(C)cccc4C)ccc3c2c(OC)c1OC. The van der Waals surface area contributed by atoms with Crippen LogP contribution in [0.1, 0.15) is 11.1 Å². The fourth-order valence-corrected chi connectivity index (χ4v) is 3.92. The Morgan fingerprint density at radius 1 is 0.853 bits per heavy atom. The minimum Gasteiger partial charge on any atom is -0.493 e. The van der Waals surface area contributed by atoms with E-state index in [0.717, 1.165) is 11.1 Å². The molecule has 0 aliphatic heterocycles. The van der Waals surface area contributed by atoms with Crippen LogP contribution in [0.15, 0.2) is 51.7 Å². The topological polar surface area (TPSA) is 93.4 Å². The molecule has 0 aliphatic carbocycles. The molecule has 0 aliphatic rings. The van der Waals surface area contributed by atoms with E-state index in [-0.39, 0.29) is 23.3 Å². The molecule has 0 spiro atoms. The quantitative estimate of drug-likeness (QED) is 0.170. The number of esters is 1. The van der Waals surface area contributed by atoms with Gasteiger partial charge in [-0.1, -0.05) is 18.2 Å². The Kier molecular flexibility index (Phi) is 6.32. The van der Waals surface area contributed by atoms with Crippen molar-refractivity contribution in [2.24, 2.45) is 0 Å². The highest BCUT2D eigenvalue weighted by molar-refractivity contribution is 6.10. The van der Waals surface area contributed by atoms with Gasteiger partial charge in [0.05, 0.1) is 26.7 Å². The molecule has 4 aromatic rings. The molecule has 1 aromatic heterocycles. The van der Waals surface area contributed by atoms with Gasteiger partial charge in [0.25, 0.3) is 0 Å². The molecule has 0 radical (unpaired) electrons.